The van der Waals surface area contributed by atoms with Crippen molar-refractivity contribution >= 4 is 15.9 Å². The Kier molecular flexibility index (Phi) is 5.28. The Morgan fingerprint density at radius 2 is 2.00 bits per heavy atom. The monoisotopic (exact) mass is 326 g/mol. The number of ether oxygens (including phenoxy) is 1. The van der Waals surface area contributed by atoms with Crippen LogP contribution in [0.3, 0.4) is 0 Å². The zero-order valence-electron chi connectivity index (χ0n) is 11.7. The van der Waals surface area contributed by atoms with E-state index in [9.17, 15) is 5.11 Å². The van der Waals surface area contributed by atoms with Gasteiger partial charge in [-0.1, -0.05) is 35.7 Å². The molecule has 1 N–H and O–H groups in total. The first-order valence-electron chi connectivity index (χ1n) is 7.10. The minimum absolute atomic E-state index is 0.240. The van der Waals surface area contributed by atoms with Gasteiger partial charge in [0, 0.05) is 4.47 Å². The summed E-state index contributed by atoms with van der Waals surface area (Å²) in [5.41, 5.74) is 1.13. The van der Waals surface area contributed by atoms with Gasteiger partial charge in [-0.3, -0.25) is 0 Å². The van der Waals surface area contributed by atoms with Gasteiger partial charge < -0.3 is 9.84 Å². The molecule has 1 unspecified atom stereocenters. The molecule has 1 aromatic carbocycles. The third kappa shape index (κ3) is 3.96. The average molecular weight is 327 g/mol. The van der Waals surface area contributed by atoms with E-state index in [0.29, 0.717) is 12.3 Å². The first-order valence-corrected chi connectivity index (χ1v) is 7.90. The Balaban J connectivity index is 2.00. The Labute approximate surface area is 124 Å². The van der Waals surface area contributed by atoms with E-state index in [4.69, 9.17) is 4.74 Å². The Hall–Kier alpha value is -0.540. The van der Waals surface area contributed by atoms with Gasteiger partial charge in [-0.05, 0) is 54.9 Å². The number of methoxy groups -OCH3 is 1. The lowest BCUT2D eigenvalue weighted by Crippen LogP contribution is -2.27. The van der Waals surface area contributed by atoms with Crippen molar-refractivity contribution in [2.24, 2.45) is 11.8 Å². The lowest BCUT2D eigenvalue weighted by molar-refractivity contribution is 0.0759. The van der Waals surface area contributed by atoms with Crippen molar-refractivity contribution in [3.63, 3.8) is 0 Å². The predicted octanol–water partition coefficient (Wildman–Crippen LogP) is 4.19. The Morgan fingerprint density at radius 3 is 2.63 bits per heavy atom. The quantitative estimate of drug-likeness (QED) is 0.899. The van der Waals surface area contributed by atoms with E-state index < -0.39 is 0 Å². The van der Waals surface area contributed by atoms with Crippen molar-refractivity contribution in [1.82, 2.24) is 0 Å². The zero-order chi connectivity index (χ0) is 13.8. The number of aliphatic hydroxyl groups excluding tert-OH is 1. The normalized spacial score (nSPS) is 25.1. The summed E-state index contributed by atoms with van der Waals surface area (Å²) < 4.78 is 6.30. The summed E-state index contributed by atoms with van der Waals surface area (Å²) in [7, 11) is 1.67. The minimum Gasteiger partial charge on any atom is -0.497 e. The summed E-state index contributed by atoms with van der Waals surface area (Å²) >= 11 is 3.56. The van der Waals surface area contributed by atoms with Crippen LogP contribution in [-0.2, 0) is 6.42 Å². The minimum atomic E-state index is -0.240. The fraction of sp³-hybridized carbons (Fsp3) is 0.625. The number of rotatable bonds is 4. The molecule has 2 rings (SSSR count). The molecule has 0 saturated heterocycles. The van der Waals surface area contributed by atoms with Crippen LogP contribution in [0.1, 0.15) is 38.2 Å². The highest BCUT2D eigenvalue weighted by Crippen LogP contribution is 2.33. The molecular weight excluding hydrogens is 304 g/mol. The molecule has 1 aliphatic rings. The molecule has 0 aliphatic heterocycles. The maximum absolute atomic E-state index is 10.4. The van der Waals surface area contributed by atoms with Gasteiger partial charge in [0.2, 0.25) is 0 Å². The fourth-order valence-electron chi connectivity index (χ4n) is 2.90. The van der Waals surface area contributed by atoms with Crippen molar-refractivity contribution in [2.45, 2.75) is 45.1 Å². The Bertz CT molecular complexity index is 411. The standard InChI is InChI=1S/C16H23BrO2/c1-11-3-5-12(6-4-11)16(18)10-13-9-14(19-2)7-8-15(13)17/h7-9,11-12,16,18H,3-6,10H2,1-2H3. The van der Waals surface area contributed by atoms with Gasteiger partial charge in [-0.2, -0.15) is 0 Å². The highest BCUT2D eigenvalue weighted by atomic mass is 79.9. The third-order valence-electron chi connectivity index (χ3n) is 4.29. The van der Waals surface area contributed by atoms with Crippen LogP contribution in [0.2, 0.25) is 0 Å². The van der Waals surface area contributed by atoms with Gasteiger partial charge in [-0.25, -0.2) is 0 Å². The van der Waals surface area contributed by atoms with Crippen LogP contribution in [0, 0.1) is 11.8 Å². The smallest absolute Gasteiger partial charge is 0.119 e. The molecule has 0 heterocycles. The second-order valence-corrected chi connectivity index (χ2v) is 6.60. The number of aliphatic hydroxyl groups is 1. The summed E-state index contributed by atoms with van der Waals surface area (Å²) in [6, 6.07) is 5.94. The summed E-state index contributed by atoms with van der Waals surface area (Å²) in [4.78, 5) is 0. The van der Waals surface area contributed by atoms with E-state index >= 15 is 0 Å². The van der Waals surface area contributed by atoms with E-state index in [0.717, 1.165) is 34.5 Å². The highest BCUT2D eigenvalue weighted by Gasteiger charge is 2.25. The topological polar surface area (TPSA) is 29.5 Å². The summed E-state index contributed by atoms with van der Waals surface area (Å²) in [5, 5.41) is 10.4. The molecule has 1 aromatic rings. The van der Waals surface area contributed by atoms with Crippen LogP contribution in [-0.4, -0.2) is 18.3 Å². The van der Waals surface area contributed by atoms with Crippen molar-refractivity contribution in [3.05, 3.63) is 28.2 Å². The van der Waals surface area contributed by atoms with Crippen LogP contribution >= 0.6 is 15.9 Å². The van der Waals surface area contributed by atoms with Gasteiger partial charge in [0.25, 0.3) is 0 Å². The van der Waals surface area contributed by atoms with E-state index in [1.807, 2.05) is 18.2 Å². The van der Waals surface area contributed by atoms with Gasteiger partial charge in [0.15, 0.2) is 0 Å². The van der Waals surface area contributed by atoms with E-state index in [1.54, 1.807) is 7.11 Å². The summed E-state index contributed by atoms with van der Waals surface area (Å²) in [5.74, 6) is 2.13. The lowest BCUT2D eigenvalue weighted by atomic mass is 9.79. The molecule has 1 aliphatic carbocycles. The molecule has 0 bridgehead atoms. The number of hydrogen-bond acceptors (Lipinski definition) is 2. The largest absolute Gasteiger partial charge is 0.497 e. The van der Waals surface area contributed by atoms with E-state index in [1.165, 1.54) is 12.8 Å². The van der Waals surface area contributed by atoms with Crippen molar-refractivity contribution < 1.29 is 9.84 Å². The molecule has 1 fully saturated rings. The van der Waals surface area contributed by atoms with E-state index in [-0.39, 0.29) is 6.10 Å². The van der Waals surface area contributed by atoms with Gasteiger partial charge >= 0.3 is 0 Å². The molecule has 0 radical (unpaired) electrons. The molecule has 1 atom stereocenters. The molecular formula is C16H23BrO2. The number of hydrogen-bond donors (Lipinski definition) is 1. The molecule has 0 aromatic heterocycles. The van der Waals surface area contributed by atoms with Crippen molar-refractivity contribution in [3.8, 4) is 5.75 Å². The lowest BCUT2D eigenvalue weighted by Gasteiger charge is -2.30. The highest BCUT2D eigenvalue weighted by molar-refractivity contribution is 9.10. The SMILES string of the molecule is COc1ccc(Br)c(CC(O)C2CCC(C)CC2)c1. The predicted molar refractivity (Wildman–Crippen MR) is 81.5 cm³/mol. The first-order chi connectivity index (χ1) is 9.10. The van der Waals surface area contributed by atoms with Gasteiger partial charge in [0.1, 0.15) is 5.75 Å². The maximum Gasteiger partial charge on any atom is 0.119 e. The molecule has 2 nitrogen and oxygen atoms in total. The average Bonchev–Trinajstić information content (AvgIpc) is 2.42. The molecule has 1 saturated carbocycles. The van der Waals surface area contributed by atoms with Crippen LogP contribution in [0.4, 0.5) is 0 Å². The van der Waals surface area contributed by atoms with Crippen LogP contribution in [0.15, 0.2) is 22.7 Å². The molecule has 0 spiro atoms. The second kappa shape index (κ2) is 6.76. The summed E-state index contributed by atoms with van der Waals surface area (Å²) in [6.45, 7) is 2.31. The van der Waals surface area contributed by atoms with Gasteiger partial charge in [0.05, 0.1) is 13.2 Å². The number of benzene rings is 1. The zero-order valence-corrected chi connectivity index (χ0v) is 13.3. The molecule has 19 heavy (non-hydrogen) atoms. The van der Waals surface area contributed by atoms with Crippen molar-refractivity contribution in [1.29, 1.82) is 0 Å². The molecule has 106 valence electrons. The molecule has 3 heteroatoms. The second-order valence-electron chi connectivity index (χ2n) is 5.75. The van der Waals surface area contributed by atoms with Gasteiger partial charge in [-0.15, -0.1) is 0 Å². The van der Waals surface area contributed by atoms with Crippen LogP contribution in [0.25, 0.3) is 0 Å². The maximum atomic E-state index is 10.4. The molecule has 0 amide bonds. The van der Waals surface area contributed by atoms with E-state index in [2.05, 4.69) is 22.9 Å². The fourth-order valence-corrected chi connectivity index (χ4v) is 3.31. The van der Waals surface area contributed by atoms with Crippen molar-refractivity contribution in [2.75, 3.05) is 7.11 Å². The third-order valence-corrected chi connectivity index (χ3v) is 5.06. The summed E-state index contributed by atoms with van der Waals surface area (Å²) in [6.07, 6.45) is 5.28. The van der Waals surface area contributed by atoms with Crippen LogP contribution in [0.5, 0.6) is 5.75 Å². The number of halogens is 1. The van der Waals surface area contributed by atoms with Crippen LogP contribution < -0.4 is 4.74 Å². The first kappa shape index (κ1) is 14.9. The Morgan fingerprint density at radius 1 is 1.32 bits per heavy atom.